The molecule has 0 N–H and O–H groups in total. The average Bonchev–Trinajstić information content (AvgIpc) is 2.62. The van der Waals surface area contributed by atoms with Crippen LogP contribution in [-0.4, -0.2) is 34.4 Å². The molecular weight excluding hydrogens is 308 g/mol. The zero-order valence-corrected chi connectivity index (χ0v) is 15.3. The summed E-state index contributed by atoms with van der Waals surface area (Å²) in [5.74, 6) is 1.47. The van der Waals surface area contributed by atoms with Gasteiger partial charge < -0.3 is 18.9 Å². The highest BCUT2D eigenvalue weighted by Crippen LogP contribution is 2.36. The highest BCUT2D eigenvalue weighted by Gasteiger charge is 2.16. The summed E-state index contributed by atoms with van der Waals surface area (Å²) in [6.45, 7) is 2.16. The number of rotatable bonds is 10. The fraction of sp³-hybridized carbons (Fsp3) is 0.526. The Morgan fingerprint density at radius 1 is 0.958 bits per heavy atom. The van der Waals surface area contributed by atoms with Crippen LogP contribution in [0, 0.1) is 0 Å². The molecule has 0 aliphatic rings. The monoisotopic (exact) mass is 336 g/mol. The van der Waals surface area contributed by atoms with Gasteiger partial charge in [-0.25, -0.2) is 4.79 Å². The first kappa shape index (κ1) is 19.9. The summed E-state index contributed by atoms with van der Waals surface area (Å²) < 4.78 is 21.0. The Balaban J connectivity index is 3.21. The first-order valence-corrected chi connectivity index (χ1v) is 8.20. The second kappa shape index (κ2) is 10.6. The van der Waals surface area contributed by atoms with Crippen LogP contribution in [0.1, 0.15) is 44.6 Å². The first-order valence-electron chi connectivity index (χ1n) is 8.20. The molecule has 1 aromatic carbocycles. The Kier molecular flexibility index (Phi) is 8.76. The Bertz CT molecular complexity index is 538. The molecule has 0 spiro atoms. The highest BCUT2D eigenvalue weighted by molar-refractivity contribution is 5.94. The van der Waals surface area contributed by atoms with E-state index in [1.54, 1.807) is 39.5 Å². The van der Waals surface area contributed by atoms with E-state index in [4.69, 9.17) is 18.9 Å². The van der Waals surface area contributed by atoms with Crippen molar-refractivity contribution in [3.63, 3.8) is 0 Å². The average molecular weight is 336 g/mol. The van der Waals surface area contributed by atoms with E-state index in [0.717, 1.165) is 25.7 Å². The zero-order chi connectivity index (χ0) is 17.9. The minimum absolute atomic E-state index is 0.327. The van der Waals surface area contributed by atoms with Crippen LogP contribution in [0.5, 0.6) is 17.2 Å². The number of carbonyl (C=O) groups is 1. The summed E-state index contributed by atoms with van der Waals surface area (Å²) in [4.78, 5) is 12.1. The topological polar surface area (TPSA) is 54.0 Å². The van der Waals surface area contributed by atoms with Crippen LogP contribution < -0.4 is 14.2 Å². The van der Waals surface area contributed by atoms with E-state index in [1.807, 2.05) is 0 Å². The molecule has 0 amide bonds. The lowest BCUT2D eigenvalue weighted by Gasteiger charge is -2.14. The van der Waals surface area contributed by atoms with Crippen LogP contribution in [-0.2, 0) is 9.53 Å². The van der Waals surface area contributed by atoms with E-state index >= 15 is 0 Å². The van der Waals surface area contributed by atoms with Crippen molar-refractivity contribution in [1.29, 1.82) is 0 Å². The molecule has 24 heavy (non-hydrogen) atoms. The lowest BCUT2D eigenvalue weighted by Crippen LogP contribution is -2.05. The van der Waals surface area contributed by atoms with Gasteiger partial charge in [0.15, 0.2) is 0 Å². The van der Waals surface area contributed by atoms with Crippen LogP contribution in [0.15, 0.2) is 17.7 Å². The molecule has 1 aromatic rings. The summed E-state index contributed by atoms with van der Waals surface area (Å²) in [6, 6.07) is 3.53. The van der Waals surface area contributed by atoms with Gasteiger partial charge in [-0.3, -0.25) is 0 Å². The number of unbranched alkanes of at least 4 members (excludes halogenated alkanes) is 3. The maximum Gasteiger partial charge on any atom is 0.333 e. The van der Waals surface area contributed by atoms with E-state index in [-0.39, 0.29) is 5.97 Å². The molecule has 0 aliphatic carbocycles. The van der Waals surface area contributed by atoms with E-state index in [0.29, 0.717) is 34.8 Å². The zero-order valence-electron chi connectivity index (χ0n) is 15.3. The molecule has 1 rings (SSSR count). The van der Waals surface area contributed by atoms with Crippen LogP contribution in [0.4, 0.5) is 0 Å². The second-order valence-electron chi connectivity index (χ2n) is 5.42. The van der Waals surface area contributed by atoms with Crippen LogP contribution in [0.25, 0.3) is 6.08 Å². The quantitative estimate of drug-likeness (QED) is 0.363. The van der Waals surface area contributed by atoms with Gasteiger partial charge in [0.2, 0.25) is 0 Å². The predicted molar refractivity (Wildman–Crippen MR) is 94.9 cm³/mol. The van der Waals surface area contributed by atoms with Crippen molar-refractivity contribution in [3.05, 3.63) is 23.3 Å². The van der Waals surface area contributed by atoms with Gasteiger partial charge in [0.25, 0.3) is 0 Å². The van der Waals surface area contributed by atoms with Gasteiger partial charge >= 0.3 is 5.97 Å². The second-order valence-corrected chi connectivity index (χ2v) is 5.42. The fourth-order valence-electron chi connectivity index (χ4n) is 2.46. The number of hydrogen-bond donors (Lipinski definition) is 0. The van der Waals surface area contributed by atoms with Crippen molar-refractivity contribution in [2.45, 2.75) is 39.0 Å². The first-order chi connectivity index (χ1) is 11.6. The van der Waals surface area contributed by atoms with E-state index in [1.165, 1.54) is 7.11 Å². The van der Waals surface area contributed by atoms with Crippen molar-refractivity contribution < 1.29 is 23.7 Å². The molecule has 0 saturated heterocycles. The third-order valence-corrected chi connectivity index (χ3v) is 3.82. The van der Waals surface area contributed by atoms with Crippen molar-refractivity contribution in [2.24, 2.45) is 0 Å². The van der Waals surface area contributed by atoms with Gasteiger partial charge in [-0.15, -0.1) is 0 Å². The van der Waals surface area contributed by atoms with E-state index < -0.39 is 0 Å². The summed E-state index contributed by atoms with van der Waals surface area (Å²) in [6.07, 6.45) is 6.78. The standard InChI is InChI=1S/C19H28O5/c1-6-7-8-9-10-14(19(20)24-5)11-16-17(22-3)12-15(21-2)13-18(16)23-4/h11-13H,6-10H2,1-5H3. The summed E-state index contributed by atoms with van der Waals surface area (Å²) >= 11 is 0. The summed E-state index contributed by atoms with van der Waals surface area (Å²) in [5.41, 5.74) is 1.31. The normalized spacial score (nSPS) is 11.1. The van der Waals surface area contributed by atoms with E-state index in [2.05, 4.69) is 6.92 Å². The van der Waals surface area contributed by atoms with Gasteiger partial charge in [-0.2, -0.15) is 0 Å². The van der Waals surface area contributed by atoms with Crippen LogP contribution >= 0.6 is 0 Å². The molecule has 5 nitrogen and oxygen atoms in total. The Labute approximate surface area is 144 Å². The van der Waals surface area contributed by atoms with E-state index in [9.17, 15) is 4.79 Å². The molecule has 5 heteroatoms. The number of benzene rings is 1. The van der Waals surface area contributed by atoms with Crippen molar-refractivity contribution in [3.8, 4) is 17.2 Å². The lowest BCUT2D eigenvalue weighted by molar-refractivity contribution is -0.136. The molecule has 0 atom stereocenters. The Hall–Kier alpha value is -2.17. The van der Waals surface area contributed by atoms with Gasteiger partial charge in [-0.1, -0.05) is 26.2 Å². The summed E-state index contributed by atoms with van der Waals surface area (Å²) in [7, 11) is 6.12. The molecule has 0 radical (unpaired) electrons. The maximum absolute atomic E-state index is 12.1. The smallest absolute Gasteiger partial charge is 0.333 e. The number of esters is 1. The molecule has 134 valence electrons. The van der Waals surface area contributed by atoms with Crippen LogP contribution in [0.3, 0.4) is 0 Å². The Morgan fingerprint density at radius 2 is 1.58 bits per heavy atom. The van der Waals surface area contributed by atoms with Gasteiger partial charge in [0.05, 0.1) is 34.0 Å². The predicted octanol–water partition coefficient (Wildman–Crippen LogP) is 4.24. The molecule has 0 heterocycles. The number of methoxy groups -OCH3 is 4. The third-order valence-electron chi connectivity index (χ3n) is 3.82. The Morgan fingerprint density at radius 3 is 2.04 bits per heavy atom. The van der Waals surface area contributed by atoms with Crippen molar-refractivity contribution in [1.82, 2.24) is 0 Å². The maximum atomic E-state index is 12.1. The molecule has 0 bridgehead atoms. The molecule has 0 aliphatic heterocycles. The SMILES string of the molecule is CCCCCCC(=Cc1c(OC)cc(OC)cc1OC)C(=O)OC. The molecule has 0 unspecified atom stereocenters. The highest BCUT2D eigenvalue weighted by atomic mass is 16.5. The number of ether oxygens (including phenoxy) is 4. The molecular formula is C19H28O5. The number of carbonyl (C=O) groups excluding carboxylic acids is 1. The van der Waals surface area contributed by atoms with Crippen molar-refractivity contribution >= 4 is 12.0 Å². The summed E-state index contributed by atoms with van der Waals surface area (Å²) in [5, 5.41) is 0. The van der Waals surface area contributed by atoms with Gasteiger partial charge in [0.1, 0.15) is 17.2 Å². The third kappa shape index (κ3) is 5.48. The molecule has 0 aromatic heterocycles. The van der Waals surface area contributed by atoms with Crippen LogP contribution in [0.2, 0.25) is 0 Å². The van der Waals surface area contributed by atoms with Gasteiger partial charge in [0, 0.05) is 17.7 Å². The number of hydrogen-bond acceptors (Lipinski definition) is 5. The minimum atomic E-state index is -0.327. The molecule has 0 saturated carbocycles. The minimum Gasteiger partial charge on any atom is -0.496 e. The van der Waals surface area contributed by atoms with Gasteiger partial charge in [-0.05, 0) is 18.9 Å². The largest absolute Gasteiger partial charge is 0.496 e. The lowest BCUT2D eigenvalue weighted by atomic mass is 10.0. The van der Waals surface area contributed by atoms with Crippen molar-refractivity contribution in [2.75, 3.05) is 28.4 Å². The fourth-order valence-corrected chi connectivity index (χ4v) is 2.46. The molecule has 0 fully saturated rings.